The Hall–Kier alpha value is -1.10. The fourth-order valence-corrected chi connectivity index (χ4v) is 1.47. The summed E-state index contributed by atoms with van der Waals surface area (Å²) in [5.41, 5.74) is 6.65. The molecule has 0 spiro atoms. The number of hydrogen-bond acceptors (Lipinski definition) is 4. The Labute approximate surface area is 103 Å². The maximum Gasteiger partial charge on any atom is 0.123 e. The summed E-state index contributed by atoms with van der Waals surface area (Å²) >= 11 is 0. The maximum atomic E-state index is 9.00. The van der Waals surface area contributed by atoms with Gasteiger partial charge in [-0.15, -0.1) is 0 Å². The molecule has 0 heterocycles. The molecule has 0 fully saturated rings. The Morgan fingerprint density at radius 3 is 2.76 bits per heavy atom. The second kappa shape index (κ2) is 7.27. The van der Waals surface area contributed by atoms with Crippen molar-refractivity contribution in [2.75, 3.05) is 26.8 Å². The van der Waals surface area contributed by atoms with Crippen molar-refractivity contribution in [2.24, 2.45) is 5.73 Å². The zero-order valence-corrected chi connectivity index (χ0v) is 10.6. The Balaban J connectivity index is 2.40. The van der Waals surface area contributed by atoms with E-state index in [0.29, 0.717) is 13.2 Å². The van der Waals surface area contributed by atoms with Crippen LogP contribution in [0.1, 0.15) is 12.5 Å². The van der Waals surface area contributed by atoms with Gasteiger partial charge in [0.1, 0.15) is 12.4 Å². The molecule has 0 saturated carbocycles. The Morgan fingerprint density at radius 2 is 2.12 bits per heavy atom. The van der Waals surface area contributed by atoms with Gasteiger partial charge in [0.05, 0.1) is 6.61 Å². The molecule has 0 saturated heterocycles. The third kappa shape index (κ3) is 4.34. The van der Waals surface area contributed by atoms with Crippen molar-refractivity contribution in [2.45, 2.75) is 19.5 Å². The summed E-state index contributed by atoms with van der Waals surface area (Å²) in [7, 11) is 1.97. The molecule has 96 valence electrons. The van der Waals surface area contributed by atoms with Gasteiger partial charge in [0.25, 0.3) is 0 Å². The highest BCUT2D eigenvalue weighted by molar-refractivity contribution is 5.32. The van der Waals surface area contributed by atoms with Gasteiger partial charge >= 0.3 is 0 Å². The minimum atomic E-state index is 0.156. The molecule has 0 aliphatic rings. The number of benzene rings is 1. The van der Waals surface area contributed by atoms with E-state index in [4.69, 9.17) is 15.6 Å². The van der Waals surface area contributed by atoms with E-state index < -0.39 is 0 Å². The molecular weight excluding hydrogens is 216 g/mol. The molecule has 1 rings (SSSR count). The van der Waals surface area contributed by atoms with Crippen molar-refractivity contribution in [1.29, 1.82) is 0 Å². The molecular formula is C13H22N2O2. The van der Waals surface area contributed by atoms with Crippen LogP contribution in [0.4, 0.5) is 0 Å². The van der Waals surface area contributed by atoms with Gasteiger partial charge < -0.3 is 15.6 Å². The zero-order valence-electron chi connectivity index (χ0n) is 10.6. The fraction of sp³-hybridized carbons (Fsp3) is 0.538. The number of ether oxygens (including phenoxy) is 1. The number of nitrogens with zero attached hydrogens (tertiary/aromatic N) is 1. The molecule has 0 radical (unpaired) electrons. The number of rotatable bonds is 7. The van der Waals surface area contributed by atoms with Gasteiger partial charge in [-0.05, 0) is 20.0 Å². The quantitative estimate of drug-likeness (QED) is 0.739. The number of nitrogens with two attached hydrogens (primary N) is 1. The van der Waals surface area contributed by atoms with Crippen LogP contribution >= 0.6 is 0 Å². The van der Waals surface area contributed by atoms with Crippen molar-refractivity contribution < 1.29 is 9.84 Å². The van der Waals surface area contributed by atoms with E-state index in [1.807, 2.05) is 38.2 Å². The van der Waals surface area contributed by atoms with Gasteiger partial charge in [-0.25, -0.2) is 0 Å². The SMILES string of the molecule is CC(CO)N(C)CCOc1ccccc1CN. The lowest BCUT2D eigenvalue weighted by molar-refractivity contribution is 0.140. The fourth-order valence-electron chi connectivity index (χ4n) is 1.47. The van der Waals surface area contributed by atoms with Crippen molar-refractivity contribution in [3.63, 3.8) is 0 Å². The predicted octanol–water partition coefficient (Wildman–Crippen LogP) is 0.837. The minimum absolute atomic E-state index is 0.156. The van der Waals surface area contributed by atoms with Gasteiger partial charge in [0, 0.05) is 24.7 Å². The Morgan fingerprint density at radius 1 is 1.41 bits per heavy atom. The van der Waals surface area contributed by atoms with Gasteiger partial charge in [0.15, 0.2) is 0 Å². The summed E-state index contributed by atoms with van der Waals surface area (Å²) in [5, 5.41) is 9.00. The van der Waals surface area contributed by atoms with Gasteiger partial charge in [-0.2, -0.15) is 0 Å². The third-order valence-corrected chi connectivity index (χ3v) is 2.91. The molecule has 0 aliphatic heterocycles. The summed E-state index contributed by atoms with van der Waals surface area (Å²) in [5.74, 6) is 0.847. The van der Waals surface area contributed by atoms with E-state index in [-0.39, 0.29) is 12.6 Å². The Bertz CT molecular complexity index is 331. The first-order chi connectivity index (χ1) is 8.19. The summed E-state index contributed by atoms with van der Waals surface area (Å²) in [6, 6.07) is 7.94. The van der Waals surface area contributed by atoms with Crippen molar-refractivity contribution in [3.8, 4) is 5.75 Å². The smallest absolute Gasteiger partial charge is 0.123 e. The van der Waals surface area contributed by atoms with Gasteiger partial charge in [-0.1, -0.05) is 18.2 Å². The standard InChI is InChI=1S/C13H22N2O2/c1-11(10-16)15(2)7-8-17-13-6-4-3-5-12(13)9-14/h3-6,11,16H,7-10,14H2,1-2H3. The molecule has 17 heavy (non-hydrogen) atoms. The predicted molar refractivity (Wildman–Crippen MR) is 69.0 cm³/mol. The lowest BCUT2D eigenvalue weighted by Crippen LogP contribution is -2.35. The van der Waals surface area contributed by atoms with Crippen LogP contribution in [0.15, 0.2) is 24.3 Å². The molecule has 1 unspecified atom stereocenters. The first-order valence-corrected chi connectivity index (χ1v) is 5.91. The highest BCUT2D eigenvalue weighted by Crippen LogP contribution is 2.16. The van der Waals surface area contributed by atoms with Crippen LogP contribution in [-0.2, 0) is 6.54 Å². The topological polar surface area (TPSA) is 58.7 Å². The second-order valence-corrected chi connectivity index (χ2v) is 4.17. The molecule has 0 aliphatic carbocycles. The molecule has 3 N–H and O–H groups in total. The van der Waals surface area contributed by atoms with Crippen LogP contribution in [0.5, 0.6) is 5.75 Å². The van der Waals surface area contributed by atoms with Crippen LogP contribution in [0.3, 0.4) is 0 Å². The van der Waals surface area contributed by atoms with E-state index >= 15 is 0 Å². The number of aliphatic hydroxyl groups is 1. The van der Waals surface area contributed by atoms with Crippen molar-refractivity contribution in [1.82, 2.24) is 4.90 Å². The van der Waals surface area contributed by atoms with Gasteiger partial charge in [-0.3, -0.25) is 4.90 Å². The van der Waals surface area contributed by atoms with Crippen LogP contribution in [0, 0.1) is 0 Å². The largest absolute Gasteiger partial charge is 0.492 e. The average Bonchev–Trinajstić information content (AvgIpc) is 2.38. The van der Waals surface area contributed by atoms with E-state index in [1.54, 1.807) is 0 Å². The molecule has 0 bridgehead atoms. The molecule has 1 atom stereocenters. The van der Waals surface area contributed by atoms with Crippen LogP contribution in [0.2, 0.25) is 0 Å². The molecule has 0 aromatic heterocycles. The van der Waals surface area contributed by atoms with Crippen molar-refractivity contribution in [3.05, 3.63) is 29.8 Å². The number of aliphatic hydroxyl groups excluding tert-OH is 1. The third-order valence-electron chi connectivity index (χ3n) is 2.91. The molecule has 1 aromatic carbocycles. The first kappa shape index (κ1) is 14.0. The molecule has 1 aromatic rings. The van der Waals surface area contributed by atoms with E-state index in [9.17, 15) is 0 Å². The number of para-hydroxylation sites is 1. The number of hydrogen-bond donors (Lipinski definition) is 2. The summed E-state index contributed by atoms with van der Waals surface area (Å²) in [4.78, 5) is 2.06. The van der Waals surface area contributed by atoms with Crippen LogP contribution < -0.4 is 10.5 Å². The maximum absolute atomic E-state index is 9.00. The average molecular weight is 238 g/mol. The van der Waals surface area contributed by atoms with E-state index in [0.717, 1.165) is 17.9 Å². The highest BCUT2D eigenvalue weighted by atomic mass is 16.5. The first-order valence-electron chi connectivity index (χ1n) is 5.91. The minimum Gasteiger partial charge on any atom is -0.492 e. The monoisotopic (exact) mass is 238 g/mol. The Kier molecular flexibility index (Phi) is 5.97. The molecule has 4 nitrogen and oxygen atoms in total. The lowest BCUT2D eigenvalue weighted by atomic mass is 10.2. The highest BCUT2D eigenvalue weighted by Gasteiger charge is 2.07. The van der Waals surface area contributed by atoms with Crippen LogP contribution in [0.25, 0.3) is 0 Å². The van der Waals surface area contributed by atoms with E-state index in [1.165, 1.54) is 0 Å². The van der Waals surface area contributed by atoms with Crippen LogP contribution in [-0.4, -0.2) is 42.9 Å². The second-order valence-electron chi connectivity index (χ2n) is 4.17. The zero-order chi connectivity index (χ0) is 12.7. The molecule has 4 heteroatoms. The summed E-state index contributed by atoms with van der Waals surface area (Å²) in [6.07, 6.45) is 0. The molecule has 0 amide bonds. The lowest BCUT2D eigenvalue weighted by Gasteiger charge is -2.22. The van der Waals surface area contributed by atoms with Crippen molar-refractivity contribution >= 4 is 0 Å². The summed E-state index contributed by atoms with van der Waals surface area (Å²) in [6.45, 7) is 4.00. The normalized spacial score (nSPS) is 12.8. The summed E-state index contributed by atoms with van der Waals surface area (Å²) < 4.78 is 5.69. The van der Waals surface area contributed by atoms with Gasteiger partial charge in [0.2, 0.25) is 0 Å². The van der Waals surface area contributed by atoms with E-state index in [2.05, 4.69) is 4.90 Å². The number of likely N-dealkylation sites (N-methyl/N-ethyl adjacent to an activating group) is 1.